The minimum absolute atomic E-state index is 0.0611. The molecule has 122 valence electrons. The topological polar surface area (TPSA) is 52.2 Å². The van der Waals surface area contributed by atoms with E-state index in [2.05, 4.69) is 38.9 Å². The summed E-state index contributed by atoms with van der Waals surface area (Å²) >= 11 is 0. The van der Waals surface area contributed by atoms with Crippen LogP contribution in [-0.2, 0) is 6.54 Å². The van der Waals surface area contributed by atoms with Crippen molar-refractivity contribution in [2.45, 2.75) is 20.4 Å². The molecule has 2 aromatic rings. The average Bonchev–Trinajstić information content (AvgIpc) is 2.55. The van der Waals surface area contributed by atoms with Crippen LogP contribution in [0.4, 0.5) is 0 Å². The lowest BCUT2D eigenvalue weighted by Crippen LogP contribution is -2.43. The number of hydrogen-bond donors (Lipinski definition) is 1. The second kappa shape index (κ2) is 6.64. The van der Waals surface area contributed by atoms with Crippen LogP contribution in [0, 0.1) is 13.8 Å². The molecular formula is C18H24N4O. The maximum absolute atomic E-state index is 11.9. The van der Waals surface area contributed by atoms with Crippen molar-refractivity contribution in [3.63, 3.8) is 0 Å². The fourth-order valence-corrected chi connectivity index (χ4v) is 2.81. The summed E-state index contributed by atoms with van der Waals surface area (Å²) in [6.45, 7) is 9.14. The quantitative estimate of drug-likeness (QED) is 0.939. The zero-order valence-electron chi connectivity index (χ0n) is 14.1. The predicted octanol–water partition coefficient (Wildman–Crippen LogP) is 1.80. The van der Waals surface area contributed by atoms with Gasteiger partial charge in [0.05, 0.1) is 0 Å². The number of aromatic amines is 1. The lowest BCUT2D eigenvalue weighted by Gasteiger charge is -2.32. The van der Waals surface area contributed by atoms with Gasteiger partial charge in [-0.25, -0.2) is 4.98 Å². The summed E-state index contributed by atoms with van der Waals surface area (Å²) in [5.74, 6) is 0.643. The molecule has 0 amide bonds. The number of aromatic nitrogens is 2. The van der Waals surface area contributed by atoms with Gasteiger partial charge in [-0.1, -0.05) is 24.3 Å². The molecule has 1 aliphatic rings. The van der Waals surface area contributed by atoms with Crippen LogP contribution in [0.15, 0.2) is 29.1 Å². The Hall–Kier alpha value is -1.98. The highest BCUT2D eigenvalue weighted by molar-refractivity contribution is 5.55. The largest absolute Gasteiger partial charge is 0.306 e. The number of H-pyrrole nitrogens is 1. The minimum Gasteiger partial charge on any atom is -0.306 e. The van der Waals surface area contributed by atoms with Gasteiger partial charge < -0.3 is 9.88 Å². The van der Waals surface area contributed by atoms with Gasteiger partial charge in [-0.15, -0.1) is 0 Å². The molecule has 5 heteroatoms. The summed E-state index contributed by atoms with van der Waals surface area (Å²) in [6.07, 6.45) is 0. The van der Waals surface area contributed by atoms with E-state index in [0.29, 0.717) is 11.4 Å². The number of benzene rings is 1. The van der Waals surface area contributed by atoms with Gasteiger partial charge >= 0.3 is 0 Å². The summed E-state index contributed by atoms with van der Waals surface area (Å²) < 4.78 is 0. The van der Waals surface area contributed by atoms with E-state index >= 15 is 0 Å². The lowest BCUT2D eigenvalue weighted by molar-refractivity contribution is 0.148. The Kier molecular flexibility index (Phi) is 4.59. The molecule has 1 fully saturated rings. The van der Waals surface area contributed by atoms with Gasteiger partial charge in [0, 0.05) is 49.5 Å². The van der Waals surface area contributed by atoms with Gasteiger partial charge in [0.25, 0.3) is 5.56 Å². The summed E-state index contributed by atoms with van der Waals surface area (Å²) in [4.78, 5) is 24.1. The van der Waals surface area contributed by atoms with Crippen LogP contribution in [0.5, 0.6) is 0 Å². The number of hydrogen-bond acceptors (Lipinski definition) is 4. The average molecular weight is 312 g/mol. The SMILES string of the molecule is Cc1nc(-c2ccc(CN3CCN(C)CC3)cc2)[nH]c(=O)c1C. The van der Waals surface area contributed by atoms with Crippen molar-refractivity contribution in [2.75, 3.05) is 33.2 Å². The first kappa shape index (κ1) is 15.9. The fraction of sp³-hybridized carbons (Fsp3) is 0.444. The van der Waals surface area contributed by atoms with Crippen molar-refractivity contribution in [3.8, 4) is 11.4 Å². The molecule has 1 aliphatic heterocycles. The Bertz CT molecular complexity index is 728. The van der Waals surface area contributed by atoms with E-state index in [0.717, 1.165) is 44.0 Å². The highest BCUT2D eigenvalue weighted by atomic mass is 16.1. The molecule has 0 spiro atoms. The van der Waals surface area contributed by atoms with E-state index in [1.165, 1.54) is 5.56 Å². The third-order valence-corrected chi connectivity index (χ3v) is 4.62. The minimum atomic E-state index is -0.0611. The van der Waals surface area contributed by atoms with Crippen molar-refractivity contribution < 1.29 is 0 Å². The molecule has 1 aromatic heterocycles. The molecule has 0 unspecified atom stereocenters. The van der Waals surface area contributed by atoms with Gasteiger partial charge in [0.15, 0.2) is 0 Å². The first-order valence-corrected chi connectivity index (χ1v) is 8.10. The van der Waals surface area contributed by atoms with Crippen molar-refractivity contribution in [1.82, 2.24) is 19.8 Å². The van der Waals surface area contributed by atoms with Gasteiger partial charge in [-0.2, -0.15) is 0 Å². The van der Waals surface area contributed by atoms with Crippen molar-refractivity contribution in [3.05, 3.63) is 51.4 Å². The maximum atomic E-state index is 11.9. The summed E-state index contributed by atoms with van der Waals surface area (Å²) in [7, 11) is 2.17. The van der Waals surface area contributed by atoms with E-state index in [9.17, 15) is 4.79 Å². The zero-order valence-corrected chi connectivity index (χ0v) is 14.1. The Morgan fingerprint density at radius 3 is 2.35 bits per heavy atom. The molecule has 0 aliphatic carbocycles. The number of likely N-dealkylation sites (N-methyl/N-ethyl adjacent to an activating group) is 1. The fourth-order valence-electron chi connectivity index (χ4n) is 2.81. The second-order valence-corrected chi connectivity index (χ2v) is 6.40. The molecule has 0 bridgehead atoms. The maximum Gasteiger partial charge on any atom is 0.254 e. The molecule has 2 heterocycles. The molecule has 1 N–H and O–H groups in total. The van der Waals surface area contributed by atoms with Crippen molar-refractivity contribution in [1.29, 1.82) is 0 Å². The number of rotatable bonds is 3. The summed E-state index contributed by atoms with van der Waals surface area (Å²) in [6, 6.07) is 8.34. The van der Waals surface area contributed by atoms with Crippen LogP contribution in [0.2, 0.25) is 0 Å². The third-order valence-electron chi connectivity index (χ3n) is 4.62. The molecule has 0 saturated carbocycles. The summed E-state index contributed by atoms with van der Waals surface area (Å²) in [5.41, 5.74) is 3.65. The van der Waals surface area contributed by atoms with Crippen LogP contribution in [-0.4, -0.2) is 53.0 Å². The molecule has 0 atom stereocenters. The highest BCUT2D eigenvalue weighted by Gasteiger charge is 2.14. The van der Waals surface area contributed by atoms with Crippen LogP contribution in [0.1, 0.15) is 16.8 Å². The van der Waals surface area contributed by atoms with Crippen molar-refractivity contribution in [2.24, 2.45) is 0 Å². The molecule has 3 rings (SSSR count). The van der Waals surface area contributed by atoms with Gasteiger partial charge in [0.1, 0.15) is 5.82 Å². The van der Waals surface area contributed by atoms with Crippen LogP contribution >= 0.6 is 0 Å². The Morgan fingerprint density at radius 1 is 1.09 bits per heavy atom. The predicted molar refractivity (Wildman–Crippen MR) is 92.5 cm³/mol. The smallest absolute Gasteiger partial charge is 0.254 e. The highest BCUT2D eigenvalue weighted by Crippen LogP contribution is 2.17. The normalized spacial score (nSPS) is 16.7. The molecule has 1 aromatic carbocycles. The van der Waals surface area contributed by atoms with Crippen LogP contribution < -0.4 is 5.56 Å². The van der Waals surface area contributed by atoms with E-state index in [1.54, 1.807) is 6.92 Å². The van der Waals surface area contributed by atoms with Crippen molar-refractivity contribution >= 4 is 0 Å². The number of nitrogens with zero attached hydrogens (tertiary/aromatic N) is 3. The standard InChI is InChI=1S/C18H24N4O/c1-13-14(2)19-17(20-18(13)23)16-6-4-15(5-7-16)12-22-10-8-21(3)9-11-22/h4-7H,8-12H2,1-3H3,(H,19,20,23). The second-order valence-electron chi connectivity index (χ2n) is 6.40. The van der Waals surface area contributed by atoms with Crippen LogP contribution in [0.3, 0.4) is 0 Å². The number of nitrogens with one attached hydrogen (secondary N) is 1. The number of piperazine rings is 1. The van der Waals surface area contributed by atoms with Gasteiger partial charge in [-0.05, 0) is 26.5 Å². The third kappa shape index (κ3) is 3.68. The molecular weight excluding hydrogens is 288 g/mol. The Balaban J connectivity index is 1.73. The van der Waals surface area contributed by atoms with E-state index in [1.807, 2.05) is 19.1 Å². The van der Waals surface area contributed by atoms with E-state index in [-0.39, 0.29) is 5.56 Å². The Labute approximate surface area is 137 Å². The molecule has 1 saturated heterocycles. The Morgan fingerprint density at radius 2 is 1.74 bits per heavy atom. The molecule has 0 radical (unpaired) electrons. The number of aryl methyl sites for hydroxylation is 1. The van der Waals surface area contributed by atoms with E-state index in [4.69, 9.17) is 0 Å². The monoisotopic (exact) mass is 312 g/mol. The lowest BCUT2D eigenvalue weighted by atomic mass is 10.1. The molecule has 5 nitrogen and oxygen atoms in total. The molecule has 23 heavy (non-hydrogen) atoms. The first-order valence-electron chi connectivity index (χ1n) is 8.10. The van der Waals surface area contributed by atoms with E-state index < -0.39 is 0 Å². The van der Waals surface area contributed by atoms with Crippen LogP contribution in [0.25, 0.3) is 11.4 Å². The van der Waals surface area contributed by atoms with Gasteiger partial charge in [0.2, 0.25) is 0 Å². The zero-order chi connectivity index (χ0) is 16.4. The van der Waals surface area contributed by atoms with Gasteiger partial charge in [-0.3, -0.25) is 9.69 Å². The first-order chi connectivity index (χ1) is 11.0. The summed E-state index contributed by atoms with van der Waals surface area (Å²) in [5, 5.41) is 0.